The van der Waals surface area contributed by atoms with Crippen molar-refractivity contribution in [1.82, 2.24) is 15.1 Å². The normalized spacial score (nSPS) is 12.8. The van der Waals surface area contributed by atoms with E-state index in [1.54, 1.807) is 0 Å². The third-order valence-electron chi connectivity index (χ3n) is 10.6. The zero-order valence-electron chi connectivity index (χ0n) is 36.6. The summed E-state index contributed by atoms with van der Waals surface area (Å²) >= 11 is 1.42. The summed E-state index contributed by atoms with van der Waals surface area (Å²) in [5.74, 6) is -0.363. The summed E-state index contributed by atoms with van der Waals surface area (Å²) < 4.78 is 5.43. The molecule has 1 aliphatic heterocycles. The molecular weight excluding hydrogens is 733 g/mol. The fourth-order valence-corrected chi connectivity index (χ4v) is 8.36. The molecule has 2 N–H and O–H groups in total. The summed E-state index contributed by atoms with van der Waals surface area (Å²) in [6, 6.07) is 0. The highest BCUT2D eigenvalue weighted by molar-refractivity contribution is 7.17. The van der Waals surface area contributed by atoms with Gasteiger partial charge < -0.3 is 25.2 Å². The topological polar surface area (TPSA) is 108 Å². The Hall–Kier alpha value is -2.98. The van der Waals surface area contributed by atoms with Crippen LogP contribution in [0.1, 0.15) is 195 Å². The van der Waals surface area contributed by atoms with Gasteiger partial charge in [-0.2, -0.15) is 0 Å². The molecule has 2 heterocycles. The van der Waals surface area contributed by atoms with Gasteiger partial charge in [0.15, 0.2) is 0 Å². The van der Waals surface area contributed by atoms with Crippen LogP contribution in [0.25, 0.3) is 0 Å². The highest BCUT2D eigenvalue weighted by Crippen LogP contribution is 2.37. The minimum absolute atomic E-state index is 0.0565. The van der Waals surface area contributed by atoms with Gasteiger partial charge in [-0.1, -0.05) is 122 Å². The van der Waals surface area contributed by atoms with Crippen LogP contribution in [0.2, 0.25) is 0 Å². The predicted octanol–water partition coefficient (Wildman–Crippen LogP) is 11.3. The van der Waals surface area contributed by atoms with Crippen LogP contribution in [-0.2, 0) is 32.1 Å². The van der Waals surface area contributed by atoms with Crippen molar-refractivity contribution in [3.8, 4) is 0 Å². The Morgan fingerprint density at radius 1 is 0.719 bits per heavy atom. The molecule has 0 bridgehead atoms. The number of esters is 1. The Balaban J connectivity index is 1.74. The number of rotatable bonds is 34. The molecule has 1 aromatic heterocycles. The molecule has 1 aromatic rings. The molecule has 0 radical (unpaired) electrons. The first-order valence-electron chi connectivity index (χ1n) is 22.9. The number of carbonyl (C=O) groups excluding carboxylic acids is 4. The quantitative estimate of drug-likeness (QED) is 0.0408. The average molecular weight is 813 g/mol. The number of carbonyl (C=O) groups is 4. The second-order valence-corrected chi connectivity index (χ2v) is 17.2. The van der Waals surface area contributed by atoms with E-state index in [2.05, 4.69) is 48.8 Å². The van der Waals surface area contributed by atoms with Gasteiger partial charge in [0.1, 0.15) is 5.00 Å². The second-order valence-electron chi connectivity index (χ2n) is 16.1. The molecule has 10 heteroatoms. The number of hydrogen-bond acceptors (Lipinski definition) is 7. The molecule has 0 aromatic carbocycles. The van der Waals surface area contributed by atoms with Gasteiger partial charge in [-0.05, 0) is 83.9 Å². The van der Waals surface area contributed by atoms with E-state index in [-0.39, 0.29) is 23.7 Å². The van der Waals surface area contributed by atoms with Crippen molar-refractivity contribution in [3.63, 3.8) is 0 Å². The molecule has 0 fully saturated rings. The maximum Gasteiger partial charge on any atom is 0.305 e. The van der Waals surface area contributed by atoms with Gasteiger partial charge in [0.2, 0.25) is 11.8 Å². The number of likely N-dealkylation sites (N-methyl/N-ethyl adjacent to an activating group) is 1. The number of fused-ring (bicyclic) bond motifs is 1. The van der Waals surface area contributed by atoms with E-state index >= 15 is 0 Å². The zero-order chi connectivity index (χ0) is 41.4. The van der Waals surface area contributed by atoms with E-state index in [4.69, 9.17) is 4.74 Å². The third kappa shape index (κ3) is 23.9. The number of anilines is 1. The number of nitrogens with one attached hydrogen (secondary N) is 2. The number of unbranched alkanes of at least 4 members (excludes halogenated alkanes) is 17. The lowest BCUT2D eigenvalue weighted by Crippen LogP contribution is -2.36. The average Bonchev–Trinajstić information content (AvgIpc) is 3.55. The SMILES string of the molecule is CCCCC/C=C\C/C=C\CCCCCCCC(=O)Nc1sc2c(c1C(=O)NCCN(C)C)CCN(C(=O)CCCCC(=O)OCCCCCCCCCCC)C2. The molecular formula is C47H80N4O5S. The summed E-state index contributed by atoms with van der Waals surface area (Å²) in [7, 11) is 3.93. The Morgan fingerprint density at radius 3 is 1.98 bits per heavy atom. The lowest BCUT2D eigenvalue weighted by Gasteiger charge is -2.27. The Labute approximate surface area is 351 Å². The molecule has 0 unspecified atom stereocenters. The van der Waals surface area contributed by atoms with Gasteiger partial charge in [0.05, 0.1) is 18.7 Å². The van der Waals surface area contributed by atoms with Gasteiger partial charge in [-0.3, -0.25) is 19.2 Å². The van der Waals surface area contributed by atoms with E-state index < -0.39 is 0 Å². The van der Waals surface area contributed by atoms with Gasteiger partial charge in [0.25, 0.3) is 5.91 Å². The number of thiophene rings is 1. The van der Waals surface area contributed by atoms with Crippen LogP contribution in [0, 0.1) is 0 Å². The third-order valence-corrected chi connectivity index (χ3v) is 11.8. The summed E-state index contributed by atoms with van der Waals surface area (Å²) in [4.78, 5) is 56.8. The number of hydrogen-bond donors (Lipinski definition) is 2. The Kier molecular flexibility index (Phi) is 29.0. The highest BCUT2D eigenvalue weighted by Gasteiger charge is 2.30. The van der Waals surface area contributed by atoms with Crippen molar-refractivity contribution in [3.05, 3.63) is 40.3 Å². The number of amides is 3. The van der Waals surface area contributed by atoms with Crippen LogP contribution in [0.3, 0.4) is 0 Å². The Morgan fingerprint density at radius 2 is 1.30 bits per heavy atom. The van der Waals surface area contributed by atoms with E-state index in [0.717, 1.165) is 61.8 Å². The van der Waals surface area contributed by atoms with Gasteiger partial charge >= 0.3 is 5.97 Å². The Bertz CT molecular complexity index is 1320. The highest BCUT2D eigenvalue weighted by atomic mass is 32.1. The van der Waals surface area contributed by atoms with Crippen LogP contribution >= 0.6 is 11.3 Å². The van der Waals surface area contributed by atoms with Crippen LogP contribution < -0.4 is 10.6 Å². The predicted molar refractivity (Wildman–Crippen MR) is 239 cm³/mol. The lowest BCUT2D eigenvalue weighted by molar-refractivity contribution is -0.144. The maximum absolute atomic E-state index is 13.5. The number of ether oxygens (including phenoxy) is 1. The molecule has 324 valence electrons. The summed E-state index contributed by atoms with van der Waals surface area (Å²) in [5.41, 5.74) is 1.49. The lowest BCUT2D eigenvalue weighted by atomic mass is 10.0. The van der Waals surface area contributed by atoms with Gasteiger partial charge in [-0.15, -0.1) is 11.3 Å². The summed E-state index contributed by atoms with van der Waals surface area (Å²) in [5, 5.41) is 6.70. The van der Waals surface area contributed by atoms with Crippen molar-refractivity contribution >= 4 is 40.0 Å². The molecule has 0 spiro atoms. The molecule has 57 heavy (non-hydrogen) atoms. The summed E-state index contributed by atoms with van der Waals surface area (Å²) in [6.07, 6.45) is 35.6. The standard InChI is InChI=1S/C47H80N4O5S/c1-5-7-9-11-13-15-16-17-18-19-20-21-23-25-27-31-42(52)49-47-45(46(55)48-35-37-50(3)4)40-34-36-51(39-41(40)57-47)43(53)32-28-29-33-44(54)56-38-30-26-24-22-14-12-10-8-6-2/h13,15,17-18H,5-12,14,16,19-39H2,1-4H3,(H,48,55)(H,49,52)/b15-13-,18-17-. The van der Waals surface area contributed by atoms with Gasteiger partial charge in [0, 0.05) is 43.8 Å². The monoisotopic (exact) mass is 813 g/mol. The molecule has 0 aliphatic carbocycles. The minimum atomic E-state index is -0.176. The van der Waals surface area contributed by atoms with E-state index in [1.807, 2.05) is 23.9 Å². The molecule has 0 saturated heterocycles. The van der Waals surface area contributed by atoms with E-state index in [1.165, 1.54) is 88.4 Å². The van der Waals surface area contributed by atoms with Crippen molar-refractivity contribution in [2.24, 2.45) is 0 Å². The fraction of sp³-hybridized carbons (Fsp3) is 0.745. The van der Waals surface area contributed by atoms with E-state index in [0.29, 0.717) is 81.9 Å². The van der Waals surface area contributed by atoms with Crippen molar-refractivity contribution in [2.75, 3.05) is 45.7 Å². The van der Waals surface area contributed by atoms with Crippen LogP contribution in [0.5, 0.6) is 0 Å². The molecule has 3 amide bonds. The molecule has 0 saturated carbocycles. The largest absolute Gasteiger partial charge is 0.466 e. The number of nitrogens with zero attached hydrogens (tertiary/aromatic N) is 2. The first-order valence-corrected chi connectivity index (χ1v) is 23.7. The molecule has 1 aliphatic rings. The first kappa shape index (κ1) is 50.2. The summed E-state index contributed by atoms with van der Waals surface area (Å²) in [6.45, 7) is 7.14. The minimum Gasteiger partial charge on any atom is -0.466 e. The van der Waals surface area contributed by atoms with Crippen molar-refractivity contribution < 1.29 is 23.9 Å². The first-order chi connectivity index (χ1) is 27.8. The van der Waals surface area contributed by atoms with Crippen molar-refractivity contribution in [1.29, 1.82) is 0 Å². The maximum atomic E-state index is 13.5. The van der Waals surface area contributed by atoms with Crippen LogP contribution in [0.15, 0.2) is 24.3 Å². The van der Waals surface area contributed by atoms with Crippen molar-refractivity contribution in [2.45, 2.75) is 187 Å². The van der Waals surface area contributed by atoms with Crippen LogP contribution in [-0.4, -0.2) is 73.8 Å². The molecule has 2 rings (SSSR count). The second kappa shape index (κ2) is 32.9. The van der Waals surface area contributed by atoms with Crippen LogP contribution in [0.4, 0.5) is 5.00 Å². The zero-order valence-corrected chi connectivity index (χ0v) is 37.4. The molecule has 9 nitrogen and oxygen atoms in total. The smallest absolute Gasteiger partial charge is 0.305 e. The van der Waals surface area contributed by atoms with E-state index in [9.17, 15) is 19.2 Å². The van der Waals surface area contributed by atoms with Gasteiger partial charge in [-0.25, -0.2) is 0 Å². The molecule has 0 atom stereocenters. The fourth-order valence-electron chi connectivity index (χ4n) is 7.09. The number of allylic oxidation sites excluding steroid dienone is 4.